The molecule has 0 saturated carbocycles. The van der Waals surface area contributed by atoms with E-state index in [0.29, 0.717) is 5.05 Å². The molecule has 0 aliphatic carbocycles. The number of aliphatic hydroxyl groups is 2. The third-order valence-electron chi connectivity index (χ3n) is 2.05. The van der Waals surface area contributed by atoms with Crippen molar-refractivity contribution in [1.82, 2.24) is 0 Å². The van der Waals surface area contributed by atoms with Crippen LogP contribution >= 0.6 is 12.2 Å². The van der Waals surface area contributed by atoms with Gasteiger partial charge in [0.2, 0.25) is 0 Å². The topological polar surface area (TPSA) is 58.9 Å². The van der Waals surface area contributed by atoms with Crippen molar-refractivity contribution >= 4 is 17.3 Å². The molecule has 0 radical (unpaired) electrons. The quantitative estimate of drug-likeness (QED) is 0.616. The Hall–Kier alpha value is -0.230. The van der Waals surface area contributed by atoms with E-state index in [1.807, 2.05) is 0 Å². The van der Waals surface area contributed by atoms with Crippen LogP contribution in [-0.4, -0.2) is 46.3 Å². The summed E-state index contributed by atoms with van der Waals surface area (Å²) in [5, 5.41) is 18.8. The molecule has 1 aliphatic heterocycles. The lowest BCUT2D eigenvalue weighted by molar-refractivity contribution is -0.0171. The highest BCUT2D eigenvalue weighted by molar-refractivity contribution is 7.80. The summed E-state index contributed by atoms with van der Waals surface area (Å²) in [5.41, 5.74) is 0. The molecule has 4 unspecified atom stereocenters. The van der Waals surface area contributed by atoms with Crippen LogP contribution < -0.4 is 0 Å². The Bertz CT molecular complexity index is 197. The van der Waals surface area contributed by atoms with Gasteiger partial charge in [-0.3, -0.25) is 0 Å². The van der Waals surface area contributed by atoms with Crippen LogP contribution in [0.4, 0.5) is 0 Å². The van der Waals surface area contributed by atoms with Gasteiger partial charge in [-0.1, -0.05) is 0 Å². The van der Waals surface area contributed by atoms with Gasteiger partial charge >= 0.3 is 0 Å². The lowest BCUT2D eigenvalue weighted by Gasteiger charge is -2.18. The molecule has 1 aliphatic rings. The van der Waals surface area contributed by atoms with E-state index in [0.717, 1.165) is 0 Å². The Kier molecular flexibility index (Phi) is 3.61. The van der Waals surface area contributed by atoms with Gasteiger partial charge in [-0.25, -0.2) is 0 Å². The molecule has 4 atom stereocenters. The number of ether oxygens (including phenoxy) is 2. The molecule has 0 aromatic rings. The Morgan fingerprint density at radius 1 is 1.62 bits per heavy atom. The molecule has 0 spiro atoms. The van der Waals surface area contributed by atoms with Crippen LogP contribution in [0.3, 0.4) is 0 Å². The van der Waals surface area contributed by atoms with Crippen molar-refractivity contribution in [3.05, 3.63) is 0 Å². The average Bonchev–Trinajstić information content (AvgIpc) is 2.31. The zero-order chi connectivity index (χ0) is 10.0. The van der Waals surface area contributed by atoms with E-state index in [2.05, 4.69) is 0 Å². The first kappa shape index (κ1) is 10.8. The highest BCUT2D eigenvalue weighted by atomic mass is 32.1. The predicted octanol–water partition coefficient (Wildman–Crippen LogP) is -0.141. The first-order valence-electron chi connectivity index (χ1n) is 4.18. The van der Waals surface area contributed by atoms with Crippen LogP contribution in [0.25, 0.3) is 0 Å². The third-order valence-corrected chi connectivity index (χ3v) is 2.15. The van der Waals surface area contributed by atoms with Gasteiger partial charge in [0.05, 0.1) is 12.7 Å². The summed E-state index contributed by atoms with van der Waals surface area (Å²) in [6.07, 6.45) is -2.08. The van der Waals surface area contributed by atoms with Crippen molar-refractivity contribution in [1.29, 1.82) is 0 Å². The molecule has 0 bridgehead atoms. The van der Waals surface area contributed by atoms with Crippen molar-refractivity contribution in [2.75, 3.05) is 6.61 Å². The van der Waals surface area contributed by atoms with Gasteiger partial charge in [0.25, 0.3) is 0 Å². The summed E-state index contributed by atoms with van der Waals surface area (Å²) in [5.74, 6) is 0. The minimum Gasteiger partial charge on any atom is -0.479 e. The molecule has 0 aromatic carbocycles. The van der Waals surface area contributed by atoms with Crippen LogP contribution in [-0.2, 0) is 9.47 Å². The fourth-order valence-electron chi connectivity index (χ4n) is 1.43. The molecule has 13 heavy (non-hydrogen) atoms. The Morgan fingerprint density at radius 3 is 2.62 bits per heavy atom. The second-order valence-electron chi connectivity index (χ2n) is 3.13. The first-order chi connectivity index (χ1) is 6.06. The summed E-state index contributed by atoms with van der Waals surface area (Å²) >= 11 is 4.76. The lowest BCUT2D eigenvalue weighted by atomic mass is 10.1. The SMILES string of the molecule is CC(=S)OC1C(C)OC(CO)C1O. The zero-order valence-corrected chi connectivity index (χ0v) is 8.45. The maximum Gasteiger partial charge on any atom is 0.157 e. The normalized spacial score (nSPS) is 39.1. The van der Waals surface area contributed by atoms with Crippen LogP contribution in [0.5, 0.6) is 0 Å². The molecule has 76 valence electrons. The molecule has 1 saturated heterocycles. The highest BCUT2D eigenvalue weighted by Crippen LogP contribution is 2.23. The second kappa shape index (κ2) is 4.32. The number of aliphatic hydroxyl groups excluding tert-OH is 2. The third kappa shape index (κ3) is 2.37. The average molecular weight is 206 g/mol. The number of thiocarbonyl (C=S) groups is 1. The van der Waals surface area contributed by atoms with Gasteiger partial charge < -0.3 is 19.7 Å². The molecule has 0 aromatic heterocycles. The van der Waals surface area contributed by atoms with E-state index in [1.54, 1.807) is 13.8 Å². The van der Waals surface area contributed by atoms with Gasteiger partial charge in [-0.15, -0.1) is 0 Å². The molecule has 1 rings (SSSR count). The van der Waals surface area contributed by atoms with Crippen LogP contribution in [0.1, 0.15) is 13.8 Å². The predicted molar refractivity (Wildman–Crippen MR) is 50.6 cm³/mol. The Balaban J connectivity index is 2.58. The summed E-state index contributed by atoms with van der Waals surface area (Å²) in [6.45, 7) is 3.21. The molecular formula is C8H14O4S. The molecule has 1 heterocycles. The lowest BCUT2D eigenvalue weighted by Crippen LogP contribution is -2.36. The van der Waals surface area contributed by atoms with Gasteiger partial charge in [-0.2, -0.15) is 0 Å². The summed E-state index contributed by atoms with van der Waals surface area (Å²) in [4.78, 5) is 0. The van der Waals surface area contributed by atoms with Gasteiger partial charge in [0.15, 0.2) is 11.2 Å². The minimum absolute atomic E-state index is 0.207. The minimum atomic E-state index is -0.808. The van der Waals surface area contributed by atoms with Gasteiger partial charge in [0, 0.05) is 6.92 Å². The van der Waals surface area contributed by atoms with Crippen LogP contribution in [0, 0.1) is 0 Å². The van der Waals surface area contributed by atoms with E-state index in [-0.39, 0.29) is 12.7 Å². The van der Waals surface area contributed by atoms with E-state index < -0.39 is 18.3 Å². The standard InChI is InChI=1S/C8H14O4S/c1-4-8(12-5(2)13)7(10)6(3-9)11-4/h4,6-10H,3H2,1-2H3. The number of rotatable bonds is 2. The summed E-state index contributed by atoms with van der Waals surface area (Å²) < 4.78 is 10.5. The van der Waals surface area contributed by atoms with Gasteiger partial charge in [0.1, 0.15) is 12.2 Å². The smallest absolute Gasteiger partial charge is 0.157 e. The fourth-order valence-corrected chi connectivity index (χ4v) is 1.54. The maximum absolute atomic E-state index is 9.60. The number of hydrogen-bond donors (Lipinski definition) is 2. The van der Waals surface area contributed by atoms with Crippen molar-refractivity contribution in [2.24, 2.45) is 0 Å². The van der Waals surface area contributed by atoms with Crippen LogP contribution in [0.2, 0.25) is 0 Å². The maximum atomic E-state index is 9.60. The molecule has 1 fully saturated rings. The van der Waals surface area contributed by atoms with Crippen molar-refractivity contribution < 1.29 is 19.7 Å². The van der Waals surface area contributed by atoms with E-state index in [9.17, 15) is 5.11 Å². The summed E-state index contributed by atoms with van der Waals surface area (Å²) in [7, 11) is 0. The van der Waals surface area contributed by atoms with Crippen molar-refractivity contribution in [3.63, 3.8) is 0 Å². The van der Waals surface area contributed by atoms with Crippen molar-refractivity contribution in [2.45, 2.75) is 38.3 Å². The Labute approximate surface area is 82.5 Å². The first-order valence-corrected chi connectivity index (χ1v) is 4.58. The molecule has 2 N–H and O–H groups in total. The molecular weight excluding hydrogens is 192 g/mol. The monoisotopic (exact) mass is 206 g/mol. The van der Waals surface area contributed by atoms with E-state index in [4.69, 9.17) is 26.8 Å². The van der Waals surface area contributed by atoms with E-state index >= 15 is 0 Å². The second-order valence-corrected chi connectivity index (χ2v) is 3.70. The Morgan fingerprint density at radius 2 is 2.23 bits per heavy atom. The van der Waals surface area contributed by atoms with Crippen LogP contribution in [0.15, 0.2) is 0 Å². The number of hydrogen-bond acceptors (Lipinski definition) is 5. The zero-order valence-electron chi connectivity index (χ0n) is 7.64. The summed E-state index contributed by atoms with van der Waals surface area (Å²) in [6, 6.07) is 0. The van der Waals surface area contributed by atoms with Gasteiger partial charge in [-0.05, 0) is 19.1 Å². The highest BCUT2D eigenvalue weighted by Gasteiger charge is 2.42. The molecule has 0 amide bonds. The fraction of sp³-hybridized carbons (Fsp3) is 0.875. The van der Waals surface area contributed by atoms with E-state index in [1.165, 1.54) is 0 Å². The van der Waals surface area contributed by atoms with Crippen molar-refractivity contribution in [3.8, 4) is 0 Å². The largest absolute Gasteiger partial charge is 0.479 e. The molecule has 5 heteroatoms. The molecule has 4 nitrogen and oxygen atoms in total.